The molecule has 2 aromatic carbocycles. The van der Waals surface area contributed by atoms with Gasteiger partial charge in [0.15, 0.2) is 11.5 Å². The normalized spacial score (nSPS) is 24.7. The molecule has 0 saturated carbocycles. The lowest BCUT2D eigenvalue weighted by Gasteiger charge is -2.38. The van der Waals surface area contributed by atoms with Gasteiger partial charge in [-0.15, -0.1) is 0 Å². The van der Waals surface area contributed by atoms with Crippen LogP contribution in [0.1, 0.15) is 24.2 Å². The van der Waals surface area contributed by atoms with Crippen LogP contribution >= 0.6 is 0 Å². The summed E-state index contributed by atoms with van der Waals surface area (Å²) in [4.78, 5) is 0. The van der Waals surface area contributed by atoms with Crippen molar-refractivity contribution in [3.05, 3.63) is 47.5 Å². The number of methoxy groups -OCH3 is 2. The van der Waals surface area contributed by atoms with Crippen LogP contribution in [0, 0.1) is 0 Å². The Hall–Kier alpha value is -1.98. The van der Waals surface area contributed by atoms with Gasteiger partial charge in [-0.2, -0.15) is 0 Å². The van der Waals surface area contributed by atoms with Crippen molar-refractivity contribution in [2.75, 3.05) is 14.2 Å². The fourth-order valence-electron chi connectivity index (χ4n) is 3.90. The molecule has 0 spiro atoms. The maximum atomic E-state index is 6.17. The largest absolute Gasteiger partial charge is 0.493 e. The lowest BCUT2D eigenvalue weighted by molar-refractivity contribution is 0.0488. The van der Waals surface area contributed by atoms with E-state index in [1.807, 2.05) is 25.0 Å². The molecule has 1 aliphatic carbocycles. The molecule has 4 rings (SSSR count). The monoisotopic (exact) mass is 310 g/mol. The van der Waals surface area contributed by atoms with Crippen molar-refractivity contribution in [3.8, 4) is 22.6 Å². The summed E-state index contributed by atoms with van der Waals surface area (Å²) >= 11 is 0. The number of ether oxygens (including phenoxy) is 2. The molecule has 5 heteroatoms. The lowest BCUT2D eigenvalue weighted by Crippen LogP contribution is -2.32. The van der Waals surface area contributed by atoms with Crippen molar-refractivity contribution in [2.45, 2.75) is 25.5 Å². The van der Waals surface area contributed by atoms with Gasteiger partial charge in [0.25, 0.3) is 0 Å². The molecular weight excluding hydrogens is 291 g/mol. The molecule has 0 aromatic heterocycles. The zero-order chi connectivity index (χ0) is 16.2. The molecule has 2 atom stereocenters. The molecule has 0 amide bonds. The summed E-state index contributed by atoms with van der Waals surface area (Å²) in [6, 6.07) is 12.3. The van der Waals surface area contributed by atoms with E-state index in [9.17, 15) is 0 Å². The topological polar surface area (TPSA) is 36.9 Å². The molecule has 0 N–H and O–H groups in total. The van der Waals surface area contributed by atoms with Crippen LogP contribution in [0.15, 0.2) is 36.4 Å². The molecule has 1 heterocycles. The van der Waals surface area contributed by atoms with Crippen molar-refractivity contribution in [3.63, 3.8) is 0 Å². The van der Waals surface area contributed by atoms with Crippen LogP contribution in [-0.2, 0) is 14.9 Å². The Morgan fingerprint density at radius 1 is 1.09 bits per heavy atom. The first-order valence-electron chi connectivity index (χ1n) is 7.78. The Labute approximate surface area is 136 Å². The Morgan fingerprint density at radius 3 is 2.61 bits per heavy atom. The Bertz CT molecular complexity index is 776. The summed E-state index contributed by atoms with van der Waals surface area (Å²) in [6.07, 6.45) is -0.165. The number of benzene rings is 2. The minimum Gasteiger partial charge on any atom is -0.493 e. The second-order valence-electron chi connectivity index (χ2n) is 6.12. The van der Waals surface area contributed by atoms with Crippen molar-refractivity contribution < 1.29 is 18.8 Å². The zero-order valence-electron chi connectivity index (χ0n) is 13.8. The van der Waals surface area contributed by atoms with Crippen molar-refractivity contribution in [1.29, 1.82) is 0 Å². The summed E-state index contributed by atoms with van der Waals surface area (Å²) in [5.41, 5.74) is 3.83. The zero-order valence-corrected chi connectivity index (χ0v) is 13.8. The van der Waals surface area contributed by atoms with Crippen LogP contribution in [0.2, 0.25) is 6.82 Å². The van der Waals surface area contributed by atoms with Gasteiger partial charge in [-0.25, -0.2) is 0 Å². The maximum Gasteiger partial charge on any atom is 0.454 e. The van der Waals surface area contributed by atoms with E-state index in [4.69, 9.17) is 18.8 Å². The predicted octanol–water partition coefficient (Wildman–Crippen LogP) is 3.81. The summed E-state index contributed by atoms with van der Waals surface area (Å²) in [7, 11) is 3.07. The van der Waals surface area contributed by atoms with Crippen molar-refractivity contribution >= 4 is 7.12 Å². The molecule has 0 unspecified atom stereocenters. The molecule has 1 fully saturated rings. The first-order valence-corrected chi connectivity index (χ1v) is 7.78. The number of hydrogen-bond donors (Lipinski definition) is 0. The smallest absolute Gasteiger partial charge is 0.454 e. The Balaban J connectivity index is 2.07. The molecule has 118 valence electrons. The van der Waals surface area contributed by atoms with Gasteiger partial charge in [-0.1, -0.05) is 30.3 Å². The van der Waals surface area contributed by atoms with Crippen LogP contribution in [0.4, 0.5) is 0 Å². The highest BCUT2D eigenvalue weighted by molar-refractivity contribution is 6.43. The lowest BCUT2D eigenvalue weighted by atomic mass is 9.74. The van der Waals surface area contributed by atoms with Crippen molar-refractivity contribution in [1.82, 2.24) is 0 Å². The average Bonchev–Trinajstić information content (AvgIpc) is 2.89. The summed E-state index contributed by atoms with van der Waals surface area (Å²) < 4.78 is 23.4. The summed E-state index contributed by atoms with van der Waals surface area (Å²) in [5, 5.41) is 0. The van der Waals surface area contributed by atoms with Crippen LogP contribution in [-0.4, -0.2) is 21.3 Å². The van der Waals surface area contributed by atoms with Crippen LogP contribution in [0.25, 0.3) is 11.1 Å². The highest BCUT2D eigenvalue weighted by atomic mass is 16.7. The van der Waals surface area contributed by atoms with Crippen LogP contribution < -0.4 is 9.47 Å². The SMILES string of the molecule is COc1ccc2c(c1OC)-c1ccccc1[C@@]1(C)OB(C)O[C@@H]21. The molecule has 4 nitrogen and oxygen atoms in total. The predicted molar refractivity (Wildman–Crippen MR) is 88.9 cm³/mol. The van der Waals surface area contributed by atoms with E-state index in [1.54, 1.807) is 14.2 Å². The fraction of sp³-hybridized carbons (Fsp3) is 0.333. The summed E-state index contributed by atoms with van der Waals surface area (Å²) in [5.74, 6) is 1.46. The molecule has 1 saturated heterocycles. The fourth-order valence-corrected chi connectivity index (χ4v) is 3.90. The van der Waals surface area contributed by atoms with Gasteiger partial charge < -0.3 is 18.8 Å². The number of hydrogen-bond acceptors (Lipinski definition) is 4. The first kappa shape index (κ1) is 14.6. The van der Waals surface area contributed by atoms with E-state index in [0.717, 1.165) is 33.8 Å². The highest BCUT2D eigenvalue weighted by Gasteiger charge is 2.53. The van der Waals surface area contributed by atoms with Gasteiger partial charge >= 0.3 is 7.12 Å². The third kappa shape index (κ3) is 1.87. The van der Waals surface area contributed by atoms with Gasteiger partial charge in [0.1, 0.15) is 11.7 Å². The molecule has 0 radical (unpaired) electrons. The minimum atomic E-state index is -0.497. The van der Waals surface area contributed by atoms with Crippen LogP contribution in [0.5, 0.6) is 11.5 Å². The Morgan fingerprint density at radius 2 is 1.87 bits per heavy atom. The van der Waals surface area contributed by atoms with E-state index >= 15 is 0 Å². The van der Waals surface area contributed by atoms with Crippen molar-refractivity contribution in [2.24, 2.45) is 0 Å². The van der Waals surface area contributed by atoms with E-state index in [-0.39, 0.29) is 13.2 Å². The highest BCUT2D eigenvalue weighted by Crippen LogP contribution is 2.58. The molecule has 0 bridgehead atoms. The second-order valence-corrected chi connectivity index (χ2v) is 6.12. The summed E-state index contributed by atoms with van der Waals surface area (Å²) in [6.45, 7) is 4.03. The minimum absolute atomic E-state index is 0.165. The number of fused-ring (bicyclic) bond motifs is 6. The quantitative estimate of drug-likeness (QED) is 0.791. The van der Waals surface area contributed by atoms with Gasteiger partial charge in [0.05, 0.1) is 14.2 Å². The maximum absolute atomic E-state index is 6.17. The van der Waals surface area contributed by atoms with Gasteiger partial charge in [-0.05, 0) is 36.5 Å². The van der Waals surface area contributed by atoms with Gasteiger partial charge in [0, 0.05) is 5.56 Å². The van der Waals surface area contributed by atoms with E-state index < -0.39 is 5.60 Å². The molecule has 2 aromatic rings. The third-order valence-corrected chi connectivity index (χ3v) is 4.83. The van der Waals surface area contributed by atoms with E-state index in [2.05, 4.69) is 25.1 Å². The third-order valence-electron chi connectivity index (χ3n) is 4.83. The van der Waals surface area contributed by atoms with E-state index in [1.165, 1.54) is 0 Å². The molecule has 23 heavy (non-hydrogen) atoms. The van der Waals surface area contributed by atoms with Gasteiger partial charge in [-0.3, -0.25) is 0 Å². The standard InChI is InChI=1S/C18H19BO4/c1-18-13-8-6-5-7-11(13)15-12(17(18)22-19(2)23-18)9-10-14(20-3)16(15)21-4/h5-10,17H,1-4H3/t17-,18+/m0/s1. The number of rotatable bonds is 2. The van der Waals surface area contributed by atoms with Gasteiger partial charge in [0.2, 0.25) is 0 Å². The second kappa shape index (κ2) is 5.01. The Kier molecular flexibility index (Phi) is 3.18. The molecular formula is C18H19BO4. The molecule has 1 aliphatic heterocycles. The van der Waals surface area contributed by atoms with E-state index in [0.29, 0.717) is 0 Å². The average molecular weight is 310 g/mol. The van der Waals surface area contributed by atoms with Crippen LogP contribution in [0.3, 0.4) is 0 Å². The molecule has 2 aliphatic rings. The first-order chi connectivity index (χ1) is 11.1.